The molecule has 2 N–H and O–H groups in total. The molecule has 1 aliphatic rings. The average molecular weight is 370 g/mol. The number of aromatic nitrogens is 2. The van der Waals surface area contributed by atoms with Crippen molar-refractivity contribution in [1.82, 2.24) is 20.2 Å². The molecule has 146 valence electrons. The molecule has 27 heavy (non-hydrogen) atoms. The van der Waals surface area contributed by atoms with Crippen molar-refractivity contribution in [3.05, 3.63) is 41.7 Å². The second kappa shape index (κ2) is 10.1. The summed E-state index contributed by atoms with van der Waals surface area (Å²) in [6, 6.07) is 8.31. The van der Waals surface area contributed by atoms with Gasteiger partial charge < -0.3 is 19.9 Å². The van der Waals surface area contributed by atoms with Crippen molar-refractivity contribution < 1.29 is 4.74 Å². The lowest BCUT2D eigenvalue weighted by atomic mass is 10.1. The summed E-state index contributed by atoms with van der Waals surface area (Å²) in [6.07, 6.45) is 5.29. The van der Waals surface area contributed by atoms with Crippen LogP contribution in [0.5, 0.6) is 0 Å². The van der Waals surface area contributed by atoms with Crippen LogP contribution in [0.4, 0.5) is 0 Å². The second-order valence-electron chi connectivity index (χ2n) is 6.78. The quantitative estimate of drug-likeness (QED) is 0.325. The van der Waals surface area contributed by atoms with Gasteiger partial charge in [0.05, 0.1) is 24.2 Å². The topological polar surface area (TPSA) is 63.5 Å². The molecule has 0 fully saturated rings. The van der Waals surface area contributed by atoms with Crippen LogP contribution in [0.25, 0.3) is 11.0 Å². The van der Waals surface area contributed by atoms with E-state index in [2.05, 4.69) is 58.3 Å². The van der Waals surface area contributed by atoms with Gasteiger partial charge in [0, 0.05) is 26.2 Å². The van der Waals surface area contributed by atoms with Crippen molar-refractivity contribution in [2.45, 2.75) is 39.7 Å². The molecular weight excluding hydrogens is 338 g/mol. The smallest absolute Gasteiger partial charge is 0.191 e. The molecular formula is C21H31N5O. The Kier molecular flexibility index (Phi) is 7.27. The zero-order valence-corrected chi connectivity index (χ0v) is 16.5. The van der Waals surface area contributed by atoms with Gasteiger partial charge in [0.25, 0.3) is 0 Å². The molecule has 0 saturated carbocycles. The van der Waals surface area contributed by atoms with E-state index in [4.69, 9.17) is 9.73 Å². The summed E-state index contributed by atoms with van der Waals surface area (Å²) in [5.74, 6) is 1.97. The number of rotatable bonds is 8. The minimum absolute atomic E-state index is 0.756. The first-order valence-corrected chi connectivity index (χ1v) is 9.97. The minimum atomic E-state index is 0.756. The first-order chi connectivity index (χ1) is 13.3. The molecule has 1 aromatic carbocycles. The summed E-state index contributed by atoms with van der Waals surface area (Å²) in [7, 11) is 0. The number of ether oxygens (including phenoxy) is 1. The van der Waals surface area contributed by atoms with Gasteiger partial charge in [-0.2, -0.15) is 0 Å². The van der Waals surface area contributed by atoms with Gasteiger partial charge in [0.1, 0.15) is 5.82 Å². The molecule has 0 radical (unpaired) electrons. The van der Waals surface area contributed by atoms with Crippen LogP contribution in [-0.2, 0) is 11.3 Å². The van der Waals surface area contributed by atoms with E-state index in [9.17, 15) is 0 Å². The van der Waals surface area contributed by atoms with E-state index in [1.807, 2.05) is 6.07 Å². The van der Waals surface area contributed by atoms with Crippen LogP contribution < -0.4 is 10.6 Å². The summed E-state index contributed by atoms with van der Waals surface area (Å²) in [5.41, 5.74) is 3.75. The van der Waals surface area contributed by atoms with Gasteiger partial charge in [-0.3, -0.25) is 4.99 Å². The number of aliphatic imine (C=N–C) groups is 1. The highest BCUT2D eigenvalue weighted by Crippen LogP contribution is 2.15. The molecule has 6 heteroatoms. The molecule has 6 nitrogen and oxygen atoms in total. The van der Waals surface area contributed by atoms with Crippen molar-refractivity contribution >= 4 is 17.0 Å². The Bertz CT molecular complexity index is 793. The Morgan fingerprint density at radius 1 is 1.30 bits per heavy atom. The molecule has 0 amide bonds. The van der Waals surface area contributed by atoms with Crippen molar-refractivity contribution in [3.8, 4) is 0 Å². The predicted molar refractivity (Wildman–Crippen MR) is 111 cm³/mol. The molecule has 0 bridgehead atoms. The van der Waals surface area contributed by atoms with Gasteiger partial charge >= 0.3 is 0 Å². The molecule has 0 unspecified atom stereocenters. The lowest BCUT2D eigenvalue weighted by Crippen LogP contribution is -2.38. The van der Waals surface area contributed by atoms with E-state index in [0.717, 1.165) is 76.0 Å². The van der Waals surface area contributed by atoms with Crippen LogP contribution in [0.15, 0.2) is 40.9 Å². The van der Waals surface area contributed by atoms with E-state index in [0.29, 0.717) is 0 Å². The van der Waals surface area contributed by atoms with Crippen LogP contribution in [-0.4, -0.2) is 48.4 Å². The molecule has 0 aliphatic carbocycles. The molecule has 2 heterocycles. The minimum Gasteiger partial charge on any atom is -0.377 e. The number of aryl methyl sites for hydroxylation is 2. The van der Waals surface area contributed by atoms with Gasteiger partial charge in [-0.1, -0.05) is 23.8 Å². The average Bonchev–Trinajstić information content (AvgIpc) is 3.01. The fourth-order valence-corrected chi connectivity index (χ4v) is 3.37. The van der Waals surface area contributed by atoms with Crippen LogP contribution in [0.3, 0.4) is 0 Å². The van der Waals surface area contributed by atoms with Gasteiger partial charge in [0.15, 0.2) is 5.96 Å². The summed E-state index contributed by atoms with van der Waals surface area (Å²) in [4.78, 5) is 9.35. The third-order valence-electron chi connectivity index (χ3n) is 4.80. The summed E-state index contributed by atoms with van der Waals surface area (Å²) in [5, 5.41) is 6.77. The number of fused-ring (bicyclic) bond motifs is 1. The fraction of sp³-hybridized carbons (Fsp3) is 0.524. The summed E-state index contributed by atoms with van der Waals surface area (Å²) in [6.45, 7) is 9.27. The highest BCUT2D eigenvalue weighted by molar-refractivity contribution is 5.79. The van der Waals surface area contributed by atoms with E-state index in [1.54, 1.807) is 0 Å². The third kappa shape index (κ3) is 5.57. The van der Waals surface area contributed by atoms with E-state index in [-0.39, 0.29) is 0 Å². The number of benzene rings is 1. The number of para-hydroxylation sites is 2. The predicted octanol–water partition coefficient (Wildman–Crippen LogP) is 3.03. The number of imidazole rings is 1. The zero-order chi connectivity index (χ0) is 18.9. The number of nitrogens with one attached hydrogen (secondary N) is 2. The monoisotopic (exact) mass is 369 g/mol. The van der Waals surface area contributed by atoms with Crippen LogP contribution >= 0.6 is 0 Å². The largest absolute Gasteiger partial charge is 0.377 e. The standard InChI is InChI=1S/C21H31N5O/c1-3-22-21(24-13-9-18-10-15-27-16-11-18)23-12-6-14-26-17(2)25-19-7-4-5-8-20(19)26/h4-5,7-8,10H,3,6,9,11-16H2,1-2H3,(H2,22,23,24). The van der Waals surface area contributed by atoms with Crippen molar-refractivity contribution in [1.29, 1.82) is 0 Å². The maximum Gasteiger partial charge on any atom is 0.191 e. The number of hydrogen-bond donors (Lipinski definition) is 2. The van der Waals surface area contributed by atoms with Gasteiger partial charge in [-0.05, 0) is 45.2 Å². The van der Waals surface area contributed by atoms with E-state index in [1.165, 1.54) is 11.1 Å². The molecule has 0 saturated heterocycles. The summed E-state index contributed by atoms with van der Waals surface area (Å²) >= 11 is 0. The Morgan fingerprint density at radius 3 is 3.00 bits per heavy atom. The third-order valence-corrected chi connectivity index (χ3v) is 4.80. The maximum absolute atomic E-state index is 5.36. The molecule has 0 atom stereocenters. The van der Waals surface area contributed by atoms with Gasteiger partial charge in [0.2, 0.25) is 0 Å². The normalized spacial score (nSPS) is 15.0. The first kappa shape index (κ1) is 19.4. The second-order valence-corrected chi connectivity index (χ2v) is 6.78. The van der Waals surface area contributed by atoms with Gasteiger partial charge in [-0.15, -0.1) is 0 Å². The Hall–Kier alpha value is -2.34. The van der Waals surface area contributed by atoms with Gasteiger partial charge in [-0.25, -0.2) is 4.98 Å². The maximum atomic E-state index is 5.36. The van der Waals surface area contributed by atoms with Crippen molar-refractivity contribution in [2.24, 2.45) is 4.99 Å². The van der Waals surface area contributed by atoms with Crippen molar-refractivity contribution in [3.63, 3.8) is 0 Å². The zero-order valence-electron chi connectivity index (χ0n) is 16.5. The molecule has 1 aliphatic heterocycles. The first-order valence-electron chi connectivity index (χ1n) is 9.97. The van der Waals surface area contributed by atoms with E-state index < -0.39 is 0 Å². The molecule has 2 aromatic rings. The highest BCUT2D eigenvalue weighted by atomic mass is 16.5. The Labute approximate surface area is 161 Å². The van der Waals surface area contributed by atoms with Crippen LogP contribution in [0.2, 0.25) is 0 Å². The number of hydrogen-bond acceptors (Lipinski definition) is 3. The summed E-state index contributed by atoms with van der Waals surface area (Å²) < 4.78 is 7.64. The Balaban J connectivity index is 1.48. The van der Waals surface area contributed by atoms with Crippen molar-refractivity contribution in [2.75, 3.05) is 32.8 Å². The van der Waals surface area contributed by atoms with E-state index >= 15 is 0 Å². The SMILES string of the molecule is CCNC(=NCCCn1c(C)nc2ccccc21)NCCC1=CCOCC1. The lowest BCUT2D eigenvalue weighted by Gasteiger charge is -2.15. The Morgan fingerprint density at radius 2 is 2.19 bits per heavy atom. The van der Waals surface area contributed by atoms with Crippen LogP contribution in [0, 0.1) is 6.92 Å². The molecule has 3 rings (SSSR count). The number of nitrogens with zero attached hydrogens (tertiary/aromatic N) is 3. The number of guanidine groups is 1. The fourth-order valence-electron chi connectivity index (χ4n) is 3.37. The van der Waals surface area contributed by atoms with Crippen LogP contribution in [0.1, 0.15) is 32.0 Å². The highest BCUT2D eigenvalue weighted by Gasteiger charge is 2.06. The molecule has 1 aromatic heterocycles. The lowest BCUT2D eigenvalue weighted by molar-refractivity contribution is 0.153. The molecule has 0 spiro atoms.